The van der Waals surface area contributed by atoms with Gasteiger partial charge in [-0.05, 0) is 38.5 Å². The van der Waals surface area contributed by atoms with Crippen molar-refractivity contribution in [2.24, 2.45) is 0 Å². The van der Waals surface area contributed by atoms with Crippen molar-refractivity contribution in [2.75, 3.05) is 18.6 Å². The van der Waals surface area contributed by atoms with Crippen LogP contribution in [0.1, 0.15) is 19.4 Å². The molecule has 26 heavy (non-hydrogen) atoms. The summed E-state index contributed by atoms with van der Waals surface area (Å²) in [6.07, 6.45) is 1.46. The third-order valence-electron chi connectivity index (χ3n) is 4.40. The topological polar surface area (TPSA) is 72.0 Å². The molecule has 0 N–H and O–H groups in total. The van der Waals surface area contributed by atoms with E-state index in [9.17, 15) is 9.59 Å². The van der Waals surface area contributed by atoms with Crippen molar-refractivity contribution < 1.29 is 19.1 Å². The molecule has 0 saturated carbocycles. The zero-order chi connectivity index (χ0) is 18.8. The molecule has 2 aromatic rings. The number of likely N-dealkylation sites (N-methyl/N-ethyl adjacent to an activating group) is 1. The molecule has 1 atom stereocenters. The van der Waals surface area contributed by atoms with Gasteiger partial charge in [0.05, 0.1) is 19.0 Å². The number of aromatic nitrogens is 1. The van der Waals surface area contributed by atoms with Crippen LogP contribution in [0.3, 0.4) is 0 Å². The first-order valence-electron chi connectivity index (χ1n) is 8.39. The third-order valence-corrected chi connectivity index (χ3v) is 4.40. The minimum atomic E-state index is -0.469. The lowest BCUT2D eigenvalue weighted by atomic mass is 10.2. The van der Waals surface area contributed by atoms with Crippen molar-refractivity contribution in [1.82, 2.24) is 9.88 Å². The van der Waals surface area contributed by atoms with E-state index in [-0.39, 0.29) is 11.9 Å². The fourth-order valence-electron chi connectivity index (χ4n) is 2.91. The van der Waals surface area contributed by atoms with E-state index in [0.717, 1.165) is 16.2 Å². The van der Waals surface area contributed by atoms with E-state index in [0.29, 0.717) is 23.9 Å². The number of rotatable bonds is 5. The Morgan fingerprint density at radius 3 is 2.54 bits per heavy atom. The van der Waals surface area contributed by atoms with Crippen LogP contribution in [0.4, 0.5) is 10.5 Å². The predicted molar refractivity (Wildman–Crippen MR) is 96.8 cm³/mol. The van der Waals surface area contributed by atoms with Crippen LogP contribution in [0.15, 0.2) is 36.5 Å². The maximum atomic E-state index is 12.4. The second-order valence-electron chi connectivity index (χ2n) is 6.01. The van der Waals surface area contributed by atoms with Gasteiger partial charge in [-0.3, -0.25) is 4.79 Å². The van der Waals surface area contributed by atoms with Gasteiger partial charge < -0.3 is 14.4 Å². The minimum Gasteiger partial charge on any atom is -0.496 e. The number of nitrogens with zero attached hydrogens (tertiary/aromatic N) is 3. The van der Waals surface area contributed by atoms with E-state index in [1.807, 2.05) is 26.0 Å². The highest BCUT2D eigenvalue weighted by Gasteiger charge is 2.42. The molecule has 0 aliphatic carbocycles. The van der Waals surface area contributed by atoms with Gasteiger partial charge in [-0.2, -0.15) is 0 Å². The molecule has 136 valence electrons. The highest BCUT2D eigenvalue weighted by atomic mass is 16.5. The van der Waals surface area contributed by atoms with E-state index in [1.54, 1.807) is 32.2 Å². The Morgan fingerprint density at radius 1 is 1.19 bits per heavy atom. The normalized spacial score (nSPS) is 17.0. The number of pyridine rings is 1. The molecule has 1 saturated heterocycles. The van der Waals surface area contributed by atoms with E-state index in [1.165, 1.54) is 11.1 Å². The number of carbonyl (C=O) groups excluding carboxylic acids is 2. The van der Waals surface area contributed by atoms with Gasteiger partial charge >= 0.3 is 6.03 Å². The molecule has 7 heteroatoms. The molecule has 3 amide bonds. The fraction of sp³-hybridized carbons (Fsp3) is 0.316. The Bertz CT molecular complexity index is 835. The van der Waals surface area contributed by atoms with Gasteiger partial charge in [0.25, 0.3) is 5.91 Å². The molecule has 0 bridgehead atoms. The van der Waals surface area contributed by atoms with E-state index in [2.05, 4.69) is 4.98 Å². The van der Waals surface area contributed by atoms with E-state index >= 15 is 0 Å². The fourth-order valence-corrected chi connectivity index (χ4v) is 2.91. The molecule has 3 rings (SSSR count). The van der Waals surface area contributed by atoms with E-state index < -0.39 is 6.04 Å². The summed E-state index contributed by atoms with van der Waals surface area (Å²) in [4.78, 5) is 31.6. The largest absolute Gasteiger partial charge is 0.496 e. The maximum Gasteiger partial charge on any atom is 0.332 e. The van der Waals surface area contributed by atoms with Crippen molar-refractivity contribution in [3.63, 3.8) is 0 Å². The number of hydrogen-bond donors (Lipinski definition) is 0. The van der Waals surface area contributed by atoms with Crippen LogP contribution < -0.4 is 14.4 Å². The predicted octanol–water partition coefficient (Wildman–Crippen LogP) is 3.37. The first-order chi connectivity index (χ1) is 12.5. The second kappa shape index (κ2) is 7.03. The summed E-state index contributed by atoms with van der Waals surface area (Å²) in [6.45, 7) is 5.99. The first kappa shape index (κ1) is 17.7. The molecule has 7 nitrogen and oxygen atoms in total. The number of amides is 3. The highest BCUT2D eigenvalue weighted by molar-refractivity contribution is 6.21. The highest BCUT2D eigenvalue weighted by Crippen LogP contribution is 2.29. The van der Waals surface area contributed by atoms with Crippen LogP contribution in [0.25, 0.3) is 0 Å². The lowest BCUT2D eigenvalue weighted by Gasteiger charge is -2.16. The first-order valence-corrected chi connectivity index (χ1v) is 8.39. The Hall–Kier alpha value is -3.09. The molecule has 1 aliphatic heterocycles. The average Bonchev–Trinajstić information content (AvgIpc) is 2.86. The molecular weight excluding hydrogens is 334 g/mol. The number of urea groups is 1. The molecule has 0 radical (unpaired) electrons. The minimum absolute atomic E-state index is 0.254. The van der Waals surface area contributed by atoms with Crippen molar-refractivity contribution >= 4 is 17.6 Å². The smallest absolute Gasteiger partial charge is 0.332 e. The van der Waals surface area contributed by atoms with Gasteiger partial charge in [0.15, 0.2) is 0 Å². The maximum absolute atomic E-state index is 12.4. The molecule has 1 aromatic heterocycles. The summed E-state index contributed by atoms with van der Waals surface area (Å²) >= 11 is 0. The van der Waals surface area contributed by atoms with Gasteiger partial charge in [-0.1, -0.05) is 6.07 Å². The molecule has 2 heterocycles. The van der Waals surface area contributed by atoms with Gasteiger partial charge in [0.2, 0.25) is 5.88 Å². The number of imide groups is 1. The SMILES string of the molecule is CCN1C(=O)N(c2ccc(Oc3ccc(C)c(OC)c3)nc2)C(=O)[C@H]1C. The van der Waals surface area contributed by atoms with Gasteiger partial charge in [-0.25, -0.2) is 14.7 Å². The zero-order valence-electron chi connectivity index (χ0n) is 15.2. The van der Waals surface area contributed by atoms with Crippen molar-refractivity contribution in [3.8, 4) is 17.4 Å². The van der Waals surface area contributed by atoms with Crippen LogP contribution in [0.5, 0.6) is 17.4 Å². The number of anilines is 1. The van der Waals surface area contributed by atoms with Crippen molar-refractivity contribution in [2.45, 2.75) is 26.8 Å². The molecular formula is C19H21N3O4. The summed E-state index contributed by atoms with van der Waals surface area (Å²) in [6, 6.07) is 7.97. The summed E-state index contributed by atoms with van der Waals surface area (Å²) in [5.74, 6) is 1.42. The number of methoxy groups -OCH3 is 1. The van der Waals surface area contributed by atoms with E-state index in [4.69, 9.17) is 9.47 Å². The third kappa shape index (κ3) is 3.08. The number of hydrogen-bond acceptors (Lipinski definition) is 5. The summed E-state index contributed by atoms with van der Waals surface area (Å²) < 4.78 is 11.0. The molecule has 1 aliphatic rings. The molecule has 0 spiro atoms. The molecule has 1 aromatic carbocycles. The lowest BCUT2D eigenvalue weighted by Crippen LogP contribution is -2.33. The Kier molecular flexibility index (Phi) is 4.79. The summed E-state index contributed by atoms with van der Waals surface area (Å²) in [7, 11) is 1.60. The zero-order valence-corrected chi connectivity index (χ0v) is 15.2. The standard InChI is InChI=1S/C19H21N3O4/c1-5-21-13(3)18(23)22(19(21)24)14-7-9-17(20-11-14)26-15-8-6-12(2)16(10-15)25-4/h6-11,13H,5H2,1-4H3/t13-/m1/s1. The molecule has 1 fully saturated rings. The molecule has 0 unspecified atom stereocenters. The number of ether oxygens (including phenoxy) is 2. The van der Waals surface area contributed by atoms with Gasteiger partial charge in [0, 0.05) is 18.7 Å². The second-order valence-corrected chi connectivity index (χ2v) is 6.01. The van der Waals surface area contributed by atoms with Crippen molar-refractivity contribution in [3.05, 3.63) is 42.1 Å². The number of carbonyl (C=O) groups is 2. The number of benzene rings is 1. The van der Waals surface area contributed by atoms with Crippen LogP contribution in [-0.2, 0) is 4.79 Å². The van der Waals surface area contributed by atoms with Crippen LogP contribution in [0.2, 0.25) is 0 Å². The van der Waals surface area contributed by atoms with Gasteiger partial charge in [-0.15, -0.1) is 0 Å². The Morgan fingerprint density at radius 2 is 1.96 bits per heavy atom. The Labute approximate surface area is 152 Å². The quantitative estimate of drug-likeness (QED) is 0.769. The van der Waals surface area contributed by atoms with Crippen LogP contribution >= 0.6 is 0 Å². The monoisotopic (exact) mass is 355 g/mol. The number of aryl methyl sites for hydroxylation is 1. The Balaban J connectivity index is 1.79. The van der Waals surface area contributed by atoms with Crippen molar-refractivity contribution in [1.29, 1.82) is 0 Å². The van der Waals surface area contributed by atoms with Gasteiger partial charge in [0.1, 0.15) is 17.5 Å². The summed E-state index contributed by atoms with van der Waals surface area (Å²) in [5, 5.41) is 0. The average molecular weight is 355 g/mol. The van der Waals surface area contributed by atoms with Crippen LogP contribution in [0, 0.1) is 6.92 Å². The van der Waals surface area contributed by atoms with Crippen LogP contribution in [-0.4, -0.2) is 41.5 Å². The lowest BCUT2D eigenvalue weighted by molar-refractivity contribution is -0.119. The summed E-state index contributed by atoms with van der Waals surface area (Å²) in [5.41, 5.74) is 1.43.